The van der Waals surface area contributed by atoms with Crippen LogP contribution in [0.5, 0.6) is 5.75 Å². The Kier molecular flexibility index (Phi) is 3.97. The lowest BCUT2D eigenvalue weighted by Gasteiger charge is -2.22. The molecule has 0 saturated carbocycles. The zero-order chi connectivity index (χ0) is 10.5. The van der Waals surface area contributed by atoms with Gasteiger partial charge in [-0.1, -0.05) is 0 Å². The molecule has 1 aliphatic heterocycles. The van der Waals surface area contributed by atoms with Crippen molar-refractivity contribution >= 4 is 15.9 Å². The van der Waals surface area contributed by atoms with Crippen LogP contribution >= 0.6 is 15.9 Å². The minimum absolute atomic E-state index is 0.248. The van der Waals surface area contributed by atoms with E-state index in [1.807, 2.05) is 6.07 Å². The largest absolute Gasteiger partial charge is 0.489 e. The molecule has 0 bridgehead atoms. The first kappa shape index (κ1) is 10.9. The third-order valence-electron chi connectivity index (χ3n) is 2.39. The van der Waals surface area contributed by atoms with Gasteiger partial charge in [-0.2, -0.15) is 0 Å². The molecule has 1 aromatic rings. The molecule has 1 aliphatic rings. The topological polar surface area (TPSA) is 31.4 Å². The molecule has 1 fully saturated rings. The zero-order valence-corrected chi connectivity index (χ0v) is 10.1. The van der Waals surface area contributed by atoms with Gasteiger partial charge < -0.3 is 9.47 Å². The standard InChI is InChI=1S/C11H14BrNO2/c12-9-5-11(7-13-6-9)15-8-10-3-1-2-4-14-10/h5-7,10H,1-4,8H2. The second kappa shape index (κ2) is 5.47. The zero-order valence-electron chi connectivity index (χ0n) is 8.49. The molecule has 0 aromatic carbocycles. The Morgan fingerprint density at radius 1 is 1.47 bits per heavy atom. The van der Waals surface area contributed by atoms with E-state index in [0.29, 0.717) is 6.61 Å². The van der Waals surface area contributed by atoms with E-state index in [1.165, 1.54) is 12.8 Å². The molecule has 1 unspecified atom stereocenters. The Morgan fingerprint density at radius 3 is 3.13 bits per heavy atom. The summed E-state index contributed by atoms with van der Waals surface area (Å²) in [5.74, 6) is 0.790. The van der Waals surface area contributed by atoms with Crippen molar-refractivity contribution < 1.29 is 9.47 Å². The molecule has 0 amide bonds. The summed E-state index contributed by atoms with van der Waals surface area (Å²) in [7, 11) is 0. The lowest BCUT2D eigenvalue weighted by atomic mass is 10.1. The van der Waals surface area contributed by atoms with Crippen LogP contribution < -0.4 is 4.74 Å². The minimum atomic E-state index is 0.248. The van der Waals surface area contributed by atoms with Crippen LogP contribution in [-0.2, 0) is 4.74 Å². The molecule has 1 atom stereocenters. The van der Waals surface area contributed by atoms with Crippen molar-refractivity contribution in [3.05, 3.63) is 22.9 Å². The van der Waals surface area contributed by atoms with Gasteiger partial charge in [0.25, 0.3) is 0 Å². The number of hydrogen-bond donors (Lipinski definition) is 0. The van der Waals surface area contributed by atoms with E-state index in [0.717, 1.165) is 23.2 Å². The monoisotopic (exact) mass is 271 g/mol. The highest BCUT2D eigenvalue weighted by Crippen LogP contribution is 2.18. The van der Waals surface area contributed by atoms with E-state index in [2.05, 4.69) is 20.9 Å². The maximum absolute atomic E-state index is 5.61. The summed E-state index contributed by atoms with van der Waals surface area (Å²) in [6, 6.07) is 1.91. The van der Waals surface area contributed by atoms with E-state index in [1.54, 1.807) is 12.4 Å². The summed E-state index contributed by atoms with van der Waals surface area (Å²) in [5, 5.41) is 0. The van der Waals surface area contributed by atoms with Crippen molar-refractivity contribution in [2.24, 2.45) is 0 Å². The highest BCUT2D eigenvalue weighted by atomic mass is 79.9. The highest BCUT2D eigenvalue weighted by Gasteiger charge is 2.14. The number of halogens is 1. The van der Waals surface area contributed by atoms with Crippen LogP contribution in [0.1, 0.15) is 19.3 Å². The van der Waals surface area contributed by atoms with Gasteiger partial charge in [0, 0.05) is 17.3 Å². The molecular formula is C11H14BrNO2. The Morgan fingerprint density at radius 2 is 2.40 bits per heavy atom. The van der Waals surface area contributed by atoms with Gasteiger partial charge in [0.15, 0.2) is 0 Å². The molecule has 82 valence electrons. The van der Waals surface area contributed by atoms with Crippen LogP contribution in [0.4, 0.5) is 0 Å². The normalized spacial score (nSPS) is 21.3. The average molecular weight is 272 g/mol. The summed E-state index contributed by atoms with van der Waals surface area (Å²) < 4.78 is 12.1. The summed E-state index contributed by atoms with van der Waals surface area (Å²) >= 11 is 3.35. The fourth-order valence-corrected chi connectivity index (χ4v) is 1.94. The predicted molar refractivity (Wildman–Crippen MR) is 61.0 cm³/mol. The first-order valence-electron chi connectivity index (χ1n) is 5.19. The fraction of sp³-hybridized carbons (Fsp3) is 0.545. The van der Waals surface area contributed by atoms with Gasteiger partial charge in [-0.05, 0) is 41.3 Å². The van der Waals surface area contributed by atoms with Crippen molar-refractivity contribution in [2.75, 3.05) is 13.2 Å². The quantitative estimate of drug-likeness (QED) is 0.847. The molecule has 0 N–H and O–H groups in total. The van der Waals surface area contributed by atoms with Gasteiger partial charge >= 0.3 is 0 Å². The van der Waals surface area contributed by atoms with Crippen LogP contribution in [0.3, 0.4) is 0 Å². The highest BCUT2D eigenvalue weighted by molar-refractivity contribution is 9.10. The van der Waals surface area contributed by atoms with Crippen molar-refractivity contribution in [1.82, 2.24) is 4.98 Å². The molecule has 0 spiro atoms. The fourth-order valence-electron chi connectivity index (χ4n) is 1.60. The van der Waals surface area contributed by atoms with Gasteiger partial charge in [0.05, 0.1) is 12.3 Å². The minimum Gasteiger partial charge on any atom is -0.489 e. The number of hydrogen-bond acceptors (Lipinski definition) is 3. The summed E-state index contributed by atoms with van der Waals surface area (Å²) in [6.45, 7) is 1.49. The van der Waals surface area contributed by atoms with Gasteiger partial charge in [-0.15, -0.1) is 0 Å². The molecule has 2 rings (SSSR count). The Hall–Kier alpha value is -0.610. The molecule has 1 saturated heterocycles. The van der Waals surface area contributed by atoms with E-state index in [-0.39, 0.29) is 6.10 Å². The number of nitrogens with zero attached hydrogens (tertiary/aromatic N) is 1. The molecule has 3 nitrogen and oxygen atoms in total. The molecule has 0 radical (unpaired) electrons. The number of aromatic nitrogens is 1. The van der Waals surface area contributed by atoms with E-state index < -0.39 is 0 Å². The first-order valence-corrected chi connectivity index (χ1v) is 5.99. The third-order valence-corrected chi connectivity index (χ3v) is 2.82. The Bertz CT molecular complexity index is 313. The predicted octanol–water partition coefficient (Wildman–Crippen LogP) is 2.79. The van der Waals surface area contributed by atoms with Crippen LogP contribution in [0.25, 0.3) is 0 Å². The second-order valence-corrected chi connectivity index (χ2v) is 4.55. The third kappa shape index (κ3) is 3.47. The van der Waals surface area contributed by atoms with Crippen LogP contribution in [-0.4, -0.2) is 24.3 Å². The van der Waals surface area contributed by atoms with Crippen molar-refractivity contribution in [3.8, 4) is 5.75 Å². The van der Waals surface area contributed by atoms with Gasteiger partial charge in [-0.25, -0.2) is 0 Å². The molecule has 4 heteroatoms. The van der Waals surface area contributed by atoms with Crippen LogP contribution in [0, 0.1) is 0 Å². The van der Waals surface area contributed by atoms with Gasteiger partial charge in [0.1, 0.15) is 12.4 Å². The summed E-state index contributed by atoms with van der Waals surface area (Å²) in [4.78, 5) is 4.04. The first-order chi connectivity index (χ1) is 7.34. The number of rotatable bonds is 3. The van der Waals surface area contributed by atoms with Crippen LogP contribution in [0.15, 0.2) is 22.9 Å². The maximum atomic E-state index is 5.61. The van der Waals surface area contributed by atoms with E-state index in [9.17, 15) is 0 Å². The van der Waals surface area contributed by atoms with Gasteiger partial charge in [-0.3, -0.25) is 4.98 Å². The van der Waals surface area contributed by atoms with Crippen molar-refractivity contribution in [2.45, 2.75) is 25.4 Å². The smallest absolute Gasteiger partial charge is 0.138 e. The molecule has 15 heavy (non-hydrogen) atoms. The maximum Gasteiger partial charge on any atom is 0.138 e. The summed E-state index contributed by atoms with van der Waals surface area (Å²) in [6.07, 6.45) is 7.22. The summed E-state index contributed by atoms with van der Waals surface area (Å²) in [5.41, 5.74) is 0. The Labute approximate surface area is 97.9 Å². The van der Waals surface area contributed by atoms with Crippen LogP contribution in [0.2, 0.25) is 0 Å². The van der Waals surface area contributed by atoms with E-state index >= 15 is 0 Å². The molecule has 2 heterocycles. The average Bonchev–Trinajstić information content (AvgIpc) is 2.28. The van der Waals surface area contributed by atoms with Gasteiger partial charge in [0.2, 0.25) is 0 Å². The number of ether oxygens (including phenoxy) is 2. The molecule has 0 aliphatic carbocycles. The lowest BCUT2D eigenvalue weighted by molar-refractivity contribution is -0.0111. The molecule has 1 aromatic heterocycles. The van der Waals surface area contributed by atoms with Crippen molar-refractivity contribution in [1.29, 1.82) is 0 Å². The Balaban J connectivity index is 1.81. The second-order valence-electron chi connectivity index (χ2n) is 3.64. The number of pyridine rings is 1. The SMILES string of the molecule is Brc1cncc(OCC2CCCCO2)c1. The molecular weight excluding hydrogens is 258 g/mol. The van der Waals surface area contributed by atoms with E-state index in [4.69, 9.17) is 9.47 Å². The lowest BCUT2D eigenvalue weighted by Crippen LogP contribution is -2.25. The van der Waals surface area contributed by atoms with Crippen molar-refractivity contribution in [3.63, 3.8) is 0 Å².